The van der Waals surface area contributed by atoms with E-state index in [1.807, 2.05) is 0 Å². The first-order valence-corrected chi connectivity index (χ1v) is 8.80. The van der Waals surface area contributed by atoms with Gasteiger partial charge in [-0.2, -0.15) is 5.10 Å². The maximum atomic E-state index is 12.1. The third-order valence-corrected chi connectivity index (χ3v) is 5.22. The predicted octanol–water partition coefficient (Wildman–Crippen LogP) is 0.475. The van der Waals surface area contributed by atoms with Gasteiger partial charge in [-0.25, -0.2) is 22.0 Å². The minimum Gasteiger partial charge on any atom is -0.284 e. The van der Waals surface area contributed by atoms with Gasteiger partial charge in [-0.3, -0.25) is 9.82 Å². The lowest BCUT2D eigenvalue weighted by atomic mass is 10.1. The highest BCUT2D eigenvalue weighted by atomic mass is 32.2. The van der Waals surface area contributed by atoms with Crippen molar-refractivity contribution in [2.75, 3.05) is 4.72 Å². The number of nitrogens with two attached hydrogens (primary N) is 1. The monoisotopic (exact) mass is 330 g/mol. The molecule has 1 heterocycles. The Bertz CT molecular complexity index is 871. The second-order valence-electron chi connectivity index (χ2n) is 4.50. The van der Waals surface area contributed by atoms with E-state index in [0.29, 0.717) is 11.1 Å². The first-order chi connectivity index (χ1) is 9.61. The van der Waals surface area contributed by atoms with E-state index in [4.69, 9.17) is 5.14 Å². The minimum absolute atomic E-state index is 0.0550. The molecule has 1 aromatic heterocycles. The molecule has 114 valence electrons. The van der Waals surface area contributed by atoms with Crippen molar-refractivity contribution in [3.63, 3.8) is 0 Å². The fraction of sp³-hybridized carbons (Fsp3) is 0.182. The van der Waals surface area contributed by atoms with E-state index in [9.17, 15) is 16.8 Å². The van der Waals surface area contributed by atoms with Crippen molar-refractivity contribution >= 4 is 25.7 Å². The molecule has 1 aromatic carbocycles. The van der Waals surface area contributed by atoms with Crippen molar-refractivity contribution < 1.29 is 16.8 Å². The highest BCUT2D eigenvalue weighted by molar-refractivity contribution is 7.92. The molecule has 0 spiro atoms. The van der Waals surface area contributed by atoms with Gasteiger partial charge in [0.05, 0.1) is 16.8 Å². The van der Waals surface area contributed by atoms with Gasteiger partial charge >= 0.3 is 0 Å². The molecule has 0 bridgehead atoms. The number of sulfonamides is 2. The van der Waals surface area contributed by atoms with Crippen LogP contribution in [0.3, 0.4) is 0 Å². The first-order valence-electron chi connectivity index (χ1n) is 5.77. The Balaban J connectivity index is 2.53. The van der Waals surface area contributed by atoms with Crippen LogP contribution in [0, 0.1) is 13.8 Å². The quantitative estimate of drug-likeness (QED) is 0.749. The van der Waals surface area contributed by atoms with Gasteiger partial charge in [0.2, 0.25) is 10.0 Å². The molecule has 8 nitrogen and oxygen atoms in total. The number of anilines is 1. The van der Waals surface area contributed by atoms with Crippen LogP contribution in [0.15, 0.2) is 34.3 Å². The van der Waals surface area contributed by atoms with E-state index in [0.717, 1.165) is 6.20 Å². The van der Waals surface area contributed by atoms with E-state index in [1.165, 1.54) is 18.3 Å². The topological polar surface area (TPSA) is 135 Å². The summed E-state index contributed by atoms with van der Waals surface area (Å²) in [7, 11) is -7.78. The summed E-state index contributed by atoms with van der Waals surface area (Å²) in [6.07, 6.45) is 2.36. The highest BCUT2D eigenvalue weighted by Crippen LogP contribution is 2.25. The summed E-state index contributed by atoms with van der Waals surface area (Å²) in [5.74, 6) is 0. The summed E-state index contributed by atoms with van der Waals surface area (Å²) in [6.45, 7) is 3.34. The summed E-state index contributed by atoms with van der Waals surface area (Å²) in [5.41, 5.74) is 1.36. The second kappa shape index (κ2) is 5.13. The zero-order chi connectivity index (χ0) is 15.8. The number of benzene rings is 1. The Kier molecular flexibility index (Phi) is 3.78. The zero-order valence-electron chi connectivity index (χ0n) is 11.3. The van der Waals surface area contributed by atoms with Crippen LogP contribution in [0.4, 0.5) is 5.69 Å². The number of hydrogen-bond acceptors (Lipinski definition) is 5. The lowest BCUT2D eigenvalue weighted by molar-refractivity contribution is 0.596. The number of aryl methyl sites for hydroxylation is 1. The Labute approximate surface area is 122 Å². The molecule has 10 heteroatoms. The zero-order valence-corrected chi connectivity index (χ0v) is 12.9. The number of hydrogen-bond donors (Lipinski definition) is 3. The van der Waals surface area contributed by atoms with E-state index < -0.39 is 20.0 Å². The van der Waals surface area contributed by atoms with Crippen LogP contribution in [-0.2, 0) is 20.0 Å². The third-order valence-electron chi connectivity index (χ3n) is 3.00. The Morgan fingerprint density at radius 3 is 2.33 bits per heavy atom. The molecule has 0 saturated carbocycles. The van der Waals surface area contributed by atoms with E-state index in [-0.39, 0.29) is 15.5 Å². The molecule has 0 radical (unpaired) electrons. The number of nitrogens with zero attached hydrogens (tertiary/aromatic N) is 1. The molecule has 2 rings (SSSR count). The first kappa shape index (κ1) is 15.5. The number of primary sulfonamides is 1. The number of rotatable bonds is 4. The second-order valence-corrected chi connectivity index (χ2v) is 7.74. The van der Waals surface area contributed by atoms with Crippen LogP contribution >= 0.6 is 0 Å². The van der Waals surface area contributed by atoms with Gasteiger partial charge in [0.1, 0.15) is 4.90 Å². The van der Waals surface area contributed by atoms with E-state index >= 15 is 0 Å². The van der Waals surface area contributed by atoms with Gasteiger partial charge in [-0.05, 0) is 37.1 Å². The largest absolute Gasteiger partial charge is 0.284 e. The molecule has 0 aliphatic carbocycles. The van der Waals surface area contributed by atoms with Crippen molar-refractivity contribution in [2.45, 2.75) is 23.6 Å². The van der Waals surface area contributed by atoms with Gasteiger partial charge in [-0.15, -0.1) is 0 Å². The number of nitrogens with one attached hydrogen (secondary N) is 2. The average molecular weight is 330 g/mol. The summed E-state index contributed by atoms with van der Waals surface area (Å²) >= 11 is 0. The number of H-pyrrole nitrogens is 1. The van der Waals surface area contributed by atoms with Crippen molar-refractivity contribution in [3.8, 4) is 0 Å². The number of aromatic amines is 1. The van der Waals surface area contributed by atoms with Crippen LogP contribution in [-0.4, -0.2) is 27.0 Å². The standard InChI is InChI=1S/C11H14N4O4S2/c1-7-3-9(20(12,16)17)4-11(8(7)2)15-21(18,19)10-5-13-14-6-10/h3-6,15H,1-2H3,(H,13,14)(H2,12,16,17). The van der Waals surface area contributed by atoms with Crippen molar-refractivity contribution in [3.05, 3.63) is 35.7 Å². The maximum absolute atomic E-state index is 12.1. The summed E-state index contributed by atoms with van der Waals surface area (Å²) in [4.78, 5) is -0.212. The van der Waals surface area contributed by atoms with Crippen LogP contribution < -0.4 is 9.86 Å². The molecular weight excluding hydrogens is 316 g/mol. The van der Waals surface area contributed by atoms with Crippen molar-refractivity contribution in [1.29, 1.82) is 0 Å². The van der Waals surface area contributed by atoms with Gasteiger partial charge in [0, 0.05) is 6.20 Å². The molecule has 0 atom stereocenters. The SMILES string of the molecule is Cc1cc(S(N)(=O)=O)cc(NS(=O)(=O)c2cn[nH]c2)c1C. The smallest absolute Gasteiger partial charge is 0.265 e. The van der Waals surface area contributed by atoms with Crippen molar-refractivity contribution in [1.82, 2.24) is 10.2 Å². The highest BCUT2D eigenvalue weighted by Gasteiger charge is 2.19. The average Bonchev–Trinajstić information content (AvgIpc) is 2.87. The molecular formula is C11H14N4O4S2. The molecule has 0 unspecified atom stereocenters. The van der Waals surface area contributed by atoms with Gasteiger partial charge in [0.15, 0.2) is 0 Å². The van der Waals surface area contributed by atoms with Crippen LogP contribution in [0.1, 0.15) is 11.1 Å². The summed E-state index contributed by atoms with van der Waals surface area (Å²) < 4.78 is 49.5. The van der Waals surface area contributed by atoms with Gasteiger partial charge in [-0.1, -0.05) is 0 Å². The normalized spacial score (nSPS) is 12.3. The third kappa shape index (κ3) is 3.23. The molecule has 2 aromatic rings. The van der Waals surface area contributed by atoms with Crippen molar-refractivity contribution in [2.24, 2.45) is 5.14 Å². The Morgan fingerprint density at radius 2 is 1.81 bits per heavy atom. The Morgan fingerprint density at radius 1 is 1.14 bits per heavy atom. The van der Waals surface area contributed by atoms with E-state index in [2.05, 4.69) is 14.9 Å². The fourth-order valence-electron chi connectivity index (χ4n) is 1.69. The summed E-state index contributed by atoms with van der Waals surface area (Å²) in [5, 5.41) is 11.0. The molecule has 0 aliphatic rings. The molecule has 0 saturated heterocycles. The molecule has 0 aliphatic heterocycles. The van der Waals surface area contributed by atoms with Crippen LogP contribution in [0.2, 0.25) is 0 Å². The lowest BCUT2D eigenvalue weighted by Gasteiger charge is -2.13. The summed E-state index contributed by atoms with van der Waals surface area (Å²) in [6, 6.07) is 2.58. The van der Waals surface area contributed by atoms with E-state index in [1.54, 1.807) is 13.8 Å². The molecule has 4 N–H and O–H groups in total. The molecule has 0 amide bonds. The molecule has 21 heavy (non-hydrogen) atoms. The minimum atomic E-state index is -3.93. The van der Waals surface area contributed by atoms with Crippen LogP contribution in [0.25, 0.3) is 0 Å². The molecule has 0 fully saturated rings. The number of aromatic nitrogens is 2. The Hall–Kier alpha value is -1.91. The van der Waals surface area contributed by atoms with Gasteiger partial charge in [0.25, 0.3) is 10.0 Å². The van der Waals surface area contributed by atoms with Crippen LogP contribution in [0.5, 0.6) is 0 Å². The predicted molar refractivity (Wildman–Crippen MR) is 76.7 cm³/mol. The lowest BCUT2D eigenvalue weighted by Crippen LogP contribution is -2.16. The van der Waals surface area contributed by atoms with Gasteiger partial charge < -0.3 is 0 Å². The maximum Gasteiger partial charge on any atom is 0.265 e. The fourth-order valence-corrected chi connectivity index (χ4v) is 3.33.